The van der Waals surface area contributed by atoms with Crippen molar-refractivity contribution in [3.05, 3.63) is 65.5 Å². The highest BCUT2D eigenvalue weighted by atomic mass is 19.1. The smallest absolute Gasteiger partial charge is 0.224 e. The number of hydrogen-bond donors (Lipinski definition) is 1. The zero-order chi connectivity index (χ0) is 16.8. The Morgan fingerprint density at radius 3 is 2.39 bits per heavy atom. The topological polar surface area (TPSA) is 46.2 Å². The van der Waals surface area contributed by atoms with Crippen molar-refractivity contribution in [2.75, 3.05) is 5.32 Å². The van der Waals surface area contributed by atoms with Gasteiger partial charge in [-0.1, -0.05) is 26.0 Å². The number of carbonyl (C=O) groups is 2. The van der Waals surface area contributed by atoms with E-state index in [2.05, 4.69) is 19.2 Å². The van der Waals surface area contributed by atoms with Crippen LogP contribution in [0.2, 0.25) is 0 Å². The Kier molecular flexibility index (Phi) is 5.63. The van der Waals surface area contributed by atoms with E-state index in [-0.39, 0.29) is 30.3 Å². The van der Waals surface area contributed by atoms with Gasteiger partial charge < -0.3 is 5.32 Å². The maximum Gasteiger partial charge on any atom is 0.224 e. The third-order valence-electron chi connectivity index (χ3n) is 3.58. The van der Waals surface area contributed by atoms with Crippen LogP contribution in [0.1, 0.15) is 48.5 Å². The zero-order valence-electron chi connectivity index (χ0n) is 13.3. The van der Waals surface area contributed by atoms with Gasteiger partial charge in [0, 0.05) is 24.1 Å². The summed E-state index contributed by atoms with van der Waals surface area (Å²) in [6, 6.07) is 13.0. The van der Waals surface area contributed by atoms with Gasteiger partial charge in [0.2, 0.25) is 5.91 Å². The molecule has 0 fully saturated rings. The van der Waals surface area contributed by atoms with E-state index in [1.54, 1.807) is 0 Å². The molecule has 4 heteroatoms. The Hall–Kier alpha value is -2.49. The summed E-state index contributed by atoms with van der Waals surface area (Å²) in [5.41, 5.74) is 2.29. The Labute approximate surface area is 135 Å². The SMILES string of the molecule is CC(C)c1cccc(NC(=O)CCC(=O)c2ccc(F)cc2)c1. The van der Waals surface area contributed by atoms with Gasteiger partial charge in [0.15, 0.2) is 5.78 Å². The Morgan fingerprint density at radius 2 is 1.74 bits per heavy atom. The number of amides is 1. The van der Waals surface area contributed by atoms with Crippen LogP contribution in [0, 0.1) is 5.82 Å². The Balaban J connectivity index is 1.89. The highest BCUT2D eigenvalue weighted by Gasteiger charge is 2.10. The minimum absolute atomic E-state index is 0.0985. The number of Topliss-reactive ketones (excluding diaryl/α,β-unsaturated/α-hetero) is 1. The molecule has 0 aliphatic rings. The Morgan fingerprint density at radius 1 is 1.04 bits per heavy atom. The molecule has 0 radical (unpaired) electrons. The van der Waals surface area contributed by atoms with E-state index in [4.69, 9.17) is 0 Å². The van der Waals surface area contributed by atoms with Gasteiger partial charge in [0.1, 0.15) is 5.82 Å². The molecule has 0 saturated carbocycles. The van der Waals surface area contributed by atoms with Crippen molar-refractivity contribution in [2.45, 2.75) is 32.6 Å². The minimum atomic E-state index is -0.385. The molecule has 0 heterocycles. The summed E-state index contributed by atoms with van der Waals surface area (Å²) in [6.45, 7) is 4.17. The predicted molar refractivity (Wildman–Crippen MR) is 89.1 cm³/mol. The lowest BCUT2D eigenvalue weighted by Crippen LogP contribution is -2.13. The fraction of sp³-hybridized carbons (Fsp3) is 0.263. The molecular formula is C19H20FNO2. The van der Waals surface area contributed by atoms with Crippen LogP contribution in [0.3, 0.4) is 0 Å². The number of ketones is 1. The summed E-state index contributed by atoms with van der Waals surface area (Å²) in [5, 5.41) is 2.80. The fourth-order valence-electron chi connectivity index (χ4n) is 2.21. The van der Waals surface area contributed by atoms with Crippen LogP contribution < -0.4 is 5.32 Å². The van der Waals surface area contributed by atoms with Crippen LogP contribution in [0.15, 0.2) is 48.5 Å². The van der Waals surface area contributed by atoms with Crippen molar-refractivity contribution < 1.29 is 14.0 Å². The number of carbonyl (C=O) groups excluding carboxylic acids is 2. The zero-order valence-corrected chi connectivity index (χ0v) is 13.3. The van der Waals surface area contributed by atoms with E-state index in [9.17, 15) is 14.0 Å². The monoisotopic (exact) mass is 313 g/mol. The minimum Gasteiger partial charge on any atom is -0.326 e. The van der Waals surface area contributed by atoms with E-state index < -0.39 is 0 Å². The fourth-order valence-corrected chi connectivity index (χ4v) is 2.21. The van der Waals surface area contributed by atoms with Crippen LogP contribution in [-0.2, 0) is 4.79 Å². The van der Waals surface area contributed by atoms with Gasteiger partial charge in [-0.15, -0.1) is 0 Å². The standard InChI is InChI=1S/C19H20FNO2/c1-13(2)15-4-3-5-17(12-15)21-19(23)11-10-18(22)14-6-8-16(20)9-7-14/h3-9,12-13H,10-11H2,1-2H3,(H,21,23). The average molecular weight is 313 g/mol. The van der Waals surface area contributed by atoms with Crippen molar-refractivity contribution >= 4 is 17.4 Å². The average Bonchev–Trinajstić information content (AvgIpc) is 2.53. The first-order valence-electron chi connectivity index (χ1n) is 7.64. The summed E-state index contributed by atoms with van der Waals surface area (Å²) in [5.74, 6) is -0.381. The summed E-state index contributed by atoms with van der Waals surface area (Å²) in [4.78, 5) is 23.9. The van der Waals surface area contributed by atoms with Crippen LogP contribution in [-0.4, -0.2) is 11.7 Å². The van der Waals surface area contributed by atoms with Crippen molar-refractivity contribution in [3.63, 3.8) is 0 Å². The van der Waals surface area contributed by atoms with Gasteiger partial charge in [-0.25, -0.2) is 4.39 Å². The summed E-state index contributed by atoms with van der Waals surface area (Å²) in [6.07, 6.45) is 0.198. The lowest BCUT2D eigenvalue weighted by Gasteiger charge is -2.09. The maximum atomic E-state index is 12.8. The molecule has 0 atom stereocenters. The van der Waals surface area contributed by atoms with Gasteiger partial charge >= 0.3 is 0 Å². The number of hydrogen-bond acceptors (Lipinski definition) is 2. The highest BCUT2D eigenvalue weighted by molar-refractivity contribution is 5.99. The van der Waals surface area contributed by atoms with Gasteiger partial charge in [0.25, 0.3) is 0 Å². The first-order chi connectivity index (χ1) is 11.0. The first kappa shape index (κ1) is 16.9. The van der Waals surface area contributed by atoms with Crippen molar-refractivity contribution in [1.29, 1.82) is 0 Å². The quantitative estimate of drug-likeness (QED) is 0.795. The number of nitrogens with one attached hydrogen (secondary N) is 1. The molecule has 0 aliphatic carbocycles. The molecule has 2 rings (SSSR count). The molecule has 120 valence electrons. The largest absolute Gasteiger partial charge is 0.326 e. The molecular weight excluding hydrogens is 293 g/mol. The third kappa shape index (κ3) is 5.02. The van der Waals surface area contributed by atoms with Crippen LogP contribution in [0.4, 0.5) is 10.1 Å². The second-order valence-electron chi connectivity index (χ2n) is 5.76. The van der Waals surface area contributed by atoms with Crippen molar-refractivity contribution in [3.8, 4) is 0 Å². The molecule has 1 amide bonds. The molecule has 0 bridgehead atoms. The highest BCUT2D eigenvalue weighted by Crippen LogP contribution is 2.18. The van der Waals surface area contributed by atoms with Crippen LogP contribution in [0.5, 0.6) is 0 Å². The molecule has 23 heavy (non-hydrogen) atoms. The van der Waals surface area contributed by atoms with Gasteiger partial charge in [-0.05, 0) is 47.9 Å². The van der Waals surface area contributed by atoms with Crippen LogP contribution >= 0.6 is 0 Å². The second kappa shape index (κ2) is 7.68. The van der Waals surface area contributed by atoms with Gasteiger partial charge in [-0.3, -0.25) is 9.59 Å². The van der Waals surface area contributed by atoms with Crippen molar-refractivity contribution in [2.24, 2.45) is 0 Å². The molecule has 3 nitrogen and oxygen atoms in total. The molecule has 0 spiro atoms. The predicted octanol–water partition coefficient (Wildman–Crippen LogP) is 4.55. The van der Waals surface area contributed by atoms with Gasteiger partial charge in [-0.2, -0.15) is 0 Å². The molecule has 0 aromatic heterocycles. The molecule has 1 N–H and O–H groups in total. The summed E-state index contributed by atoms with van der Waals surface area (Å²) >= 11 is 0. The maximum absolute atomic E-state index is 12.8. The number of halogens is 1. The van der Waals surface area contributed by atoms with E-state index in [1.165, 1.54) is 24.3 Å². The second-order valence-corrected chi connectivity index (χ2v) is 5.76. The van der Waals surface area contributed by atoms with E-state index in [0.29, 0.717) is 11.5 Å². The number of rotatable bonds is 6. The Bertz CT molecular complexity index is 693. The summed E-state index contributed by atoms with van der Waals surface area (Å²) < 4.78 is 12.8. The van der Waals surface area contributed by atoms with Crippen molar-refractivity contribution in [1.82, 2.24) is 0 Å². The lowest BCUT2D eigenvalue weighted by molar-refractivity contribution is -0.116. The third-order valence-corrected chi connectivity index (χ3v) is 3.58. The normalized spacial score (nSPS) is 10.6. The number of anilines is 1. The number of benzene rings is 2. The lowest BCUT2D eigenvalue weighted by atomic mass is 10.0. The molecule has 0 aliphatic heterocycles. The van der Waals surface area contributed by atoms with Crippen LogP contribution in [0.25, 0.3) is 0 Å². The van der Waals surface area contributed by atoms with E-state index in [0.717, 1.165) is 11.3 Å². The van der Waals surface area contributed by atoms with Gasteiger partial charge in [0.05, 0.1) is 0 Å². The molecule has 2 aromatic carbocycles. The molecule has 0 unspecified atom stereocenters. The molecule has 0 saturated heterocycles. The molecule has 2 aromatic rings. The van der Waals surface area contributed by atoms with E-state index in [1.807, 2.05) is 24.3 Å². The van der Waals surface area contributed by atoms with E-state index >= 15 is 0 Å². The first-order valence-corrected chi connectivity index (χ1v) is 7.64. The summed E-state index contributed by atoms with van der Waals surface area (Å²) in [7, 11) is 0.